The number of phenolic OH excluding ortho intramolecular Hbond substituents is 1. The summed E-state index contributed by atoms with van der Waals surface area (Å²) in [6.45, 7) is 4.13. The van der Waals surface area contributed by atoms with Crippen molar-refractivity contribution in [2.24, 2.45) is 17.8 Å². The molecule has 0 spiro atoms. The lowest BCUT2D eigenvalue weighted by Gasteiger charge is -2.49. The lowest BCUT2D eigenvalue weighted by atomic mass is 9.55. The van der Waals surface area contributed by atoms with E-state index < -0.39 is 6.17 Å². The third-order valence-corrected chi connectivity index (χ3v) is 9.43. The van der Waals surface area contributed by atoms with Crippen LogP contribution in [0, 0.1) is 17.8 Å². The molecule has 3 fully saturated rings. The molecule has 6 rings (SSSR count). The van der Waals surface area contributed by atoms with Gasteiger partial charge in [-0.3, -0.25) is 4.90 Å². The molecule has 0 radical (unpaired) electrons. The number of aryl methyl sites for hydroxylation is 1. The van der Waals surface area contributed by atoms with Gasteiger partial charge in [-0.15, -0.1) is 0 Å². The fourth-order valence-corrected chi connectivity index (χ4v) is 7.83. The van der Waals surface area contributed by atoms with Crippen LogP contribution in [0.2, 0.25) is 0 Å². The van der Waals surface area contributed by atoms with Crippen LogP contribution in [0.1, 0.15) is 73.5 Å². The van der Waals surface area contributed by atoms with Gasteiger partial charge in [0.05, 0.1) is 0 Å². The number of benzene rings is 2. The van der Waals surface area contributed by atoms with Crippen LogP contribution in [-0.4, -0.2) is 42.4 Å². The van der Waals surface area contributed by atoms with Gasteiger partial charge in [-0.2, -0.15) is 0 Å². The molecule has 1 saturated heterocycles. The third kappa shape index (κ3) is 4.23. The highest BCUT2D eigenvalue weighted by Gasteiger charge is 2.52. The minimum Gasteiger partial charge on any atom is -0.508 e. The Labute approximate surface area is 203 Å². The summed E-state index contributed by atoms with van der Waals surface area (Å²) in [5, 5.41) is 10.1. The Morgan fingerprint density at radius 3 is 2.56 bits per heavy atom. The van der Waals surface area contributed by atoms with Gasteiger partial charge < -0.3 is 9.84 Å². The summed E-state index contributed by atoms with van der Waals surface area (Å²) < 4.78 is 21.0. The van der Waals surface area contributed by atoms with Crippen molar-refractivity contribution in [2.45, 2.75) is 69.4 Å². The first kappa shape index (κ1) is 22.4. The van der Waals surface area contributed by atoms with Crippen LogP contribution in [-0.2, 0) is 6.42 Å². The monoisotopic (exact) mass is 463 g/mol. The van der Waals surface area contributed by atoms with Gasteiger partial charge in [-0.25, -0.2) is 4.39 Å². The number of halogens is 1. The van der Waals surface area contributed by atoms with E-state index in [4.69, 9.17) is 4.74 Å². The van der Waals surface area contributed by atoms with E-state index in [2.05, 4.69) is 35.2 Å². The number of fused-ring (bicyclic) bond motifs is 5. The topological polar surface area (TPSA) is 32.7 Å². The quantitative estimate of drug-likeness (QED) is 0.553. The van der Waals surface area contributed by atoms with Crippen LogP contribution in [0.4, 0.5) is 4.39 Å². The molecule has 1 N–H and O–H groups in total. The highest BCUT2D eigenvalue weighted by Crippen LogP contribution is 2.60. The first-order chi connectivity index (χ1) is 16.7. The van der Waals surface area contributed by atoms with Crippen molar-refractivity contribution in [1.82, 2.24) is 4.90 Å². The summed E-state index contributed by atoms with van der Waals surface area (Å²) >= 11 is 0. The number of rotatable bonds is 5. The Bertz CT molecular complexity index is 986. The Morgan fingerprint density at radius 1 is 0.912 bits per heavy atom. The normalized spacial score (nSPS) is 33.1. The summed E-state index contributed by atoms with van der Waals surface area (Å²) in [5.41, 5.74) is 4.00. The fourth-order valence-electron chi connectivity index (χ4n) is 7.83. The van der Waals surface area contributed by atoms with E-state index in [9.17, 15) is 9.50 Å². The van der Waals surface area contributed by atoms with Gasteiger partial charge in [0.25, 0.3) is 0 Å². The minimum atomic E-state index is -0.646. The lowest BCUT2D eigenvalue weighted by molar-refractivity contribution is 0.0831. The van der Waals surface area contributed by atoms with Gasteiger partial charge in [0, 0.05) is 6.54 Å². The first-order valence-corrected chi connectivity index (χ1v) is 13.6. The summed E-state index contributed by atoms with van der Waals surface area (Å²) in [4.78, 5) is 2.50. The van der Waals surface area contributed by atoms with Crippen molar-refractivity contribution in [1.29, 1.82) is 0 Å². The van der Waals surface area contributed by atoms with E-state index in [1.54, 1.807) is 0 Å². The Kier molecular flexibility index (Phi) is 6.28. The predicted octanol–water partition coefficient (Wildman–Crippen LogP) is 6.45. The zero-order valence-corrected chi connectivity index (χ0v) is 20.2. The maximum atomic E-state index is 15.0. The molecule has 2 saturated carbocycles. The predicted molar refractivity (Wildman–Crippen MR) is 133 cm³/mol. The molecule has 4 heteroatoms. The first-order valence-electron chi connectivity index (χ1n) is 13.6. The van der Waals surface area contributed by atoms with Crippen molar-refractivity contribution >= 4 is 0 Å². The van der Waals surface area contributed by atoms with E-state index in [1.165, 1.54) is 49.0 Å². The number of alkyl halides is 1. The number of phenols is 1. The van der Waals surface area contributed by atoms with Crippen LogP contribution >= 0.6 is 0 Å². The molecule has 0 bridgehead atoms. The second-order valence-corrected chi connectivity index (χ2v) is 11.2. The van der Waals surface area contributed by atoms with Crippen LogP contribution in [0.15, 0.2) is 42.5 Å². The smallest absolute Gasteiger partial charge is 0.119 e. The summed E-state index contributed by atoms with van der Waals surface area (Å²) in [5.74, 6) is 3.29. The van der Waals surface area contributed by atoms with Crippen molar-refractivity contribution in [3.63, 3.8) is 0 Å². The number of aromatic hydroxyl groups is 1. The molecule has 4 aliphatic rings. The van der Waals surface area contributed by atoms with E-state index in [1.807, 2.05) is 12.1 Å². The maximum absolute atomic E-state index is 15.0. The van der Waals surface area contributed by atoms with Gasteiger partial charge in [0.15, 0.2) is 0 Å². The van der Waals surface area contributed by atoms with Gasteiger partial charge >= 0.3 is 0 Å². The maximum Gasteiger partial charge on any atom is 0.119 e. The number of hydrogen-bond acceptors (Lipinski definition) is 3. The lowest BCUT2D eigenvalue weighted by Crippen LogP contribution is -2.40. The van der Waals surface area contributed by atoms with Crippen LogP contribution in [0.25, 0.3) is 0 Å². The molecular formula is C30H38FNO2. The zero-order chi connectivity index (χ0) is 23.1. The van der Waals surface area contributed by atoms with Crippen LogP contribution in [0.5, 0.6) is 11.5 Å². The van der Waals surface area contributed by atoms with E-state index in [0.717, 1.165) is 51.0 Å². The number of hydrogen-bond donors (Lipinski definition) is 1. The summed E-state index contributed by atoms with van der Waals surface area (Å²) in [6, 6.07) is 14.7. The van der Waals surface area contributed by atoms with E-state index in [-0.39, 0.29) is 5.92 Å². The number of likely N-dealkylation sites (tertiary alicyclic amines) is 1. The SMILES string of the molecule is Oc1ccc2c(c1)CCC1C3CCC(F)C3C[C@H](c3ccc(OCCN4CCCCC4)cc3)C21. The number of piperidine rings is 1. The number of ether oxygens (including phenoxy) is 1. The molecule has 1 heterocycles. The van der Waals surface area contributed by atoms with Gasteiger partial charge in [-0.05, 0) is 129 Å². The Balaban J connectivity index is 1.22. The molecular weight excluding hydrogens is 425 g/mol. The van der Waals surface area contributed by atoms with Gasteiger partial charge in [0.1, 0.15) is 24.3 Å². The Morgan fingerprint density at radius 2 is 1.74 bits per heavy atom. The number of nitrogens with zero attached hydrogens (tertiary/aromatic N) is 1. The Hall–Kier alpha value is -2.07. The molecule has 3 aliphatic carbocycles. The molecule has 2 aromatic rings. The molecule has 34 heavy (non-hydrogen) atoms. The fraction of sp³-hybridized carbons (Fsp3) is 0.600. The zero-order valence-electron chi connectivity index (χ0n) is 20.2. The molecule has 182 valence electrons. The molecule has 3 nitrogen and oxygen atoms in total. The molecule has 0 aromatic heterocycles. The molecule has 2 aromatic carbocycles. The second-order valence-electron chi connectivity index (χ2n) is 11.2. The summed E-state index contributed by atoms with van der Waals surface area (Å²) in [6.07, 6.45) is 8.15. The van der Waals surface area contributed by atoms with Gasteiger partial charge in [-0.1, -0.05) is 24.6 Å². The van der Waals surface area contributed by atoms with Crippen LogP contribution in [0.3, 0.4) is 0 Å². The molecule has 1 aliphatic heterocycles. The second kappa shape index (κ2) is 9.53. The van der Waals surface area contributed by atoms with E-state index in [0.29, 0.717) is 29.4 Å². The van der Waals surface area contributed by atoms with Crippen LogP contribution < -0.4 is 4.74 Å². The highest BCUT2D eigenvalue weighted by molar-refractivity contribution is 5.43. The minimum absolute atomic E-state index is 0.199. The van der Waals surface area contributed by atoms with Crippen molar-refractivity contribution in [2.75, 3.05) is 26.2 Å². The third-order valence-electron chi connectivity index (χ3n) is 9.43. The average Bonchev–Trinajstić information content (AvgIpc) is 3.25. The standard InChI is InChI=1S/C30H38FNO2/c31-29-13-12-25-26-10-6-21-18-22(33)7-11-24(21)30(26)27(19-28(25)29)20-4-8-23(9-5-20)34-17-16-32-14-2-1-3-15-32/h4-5,7-9,11,18,25-30,33H,1-3,6,10,12-17,19H2/t25?,26?,27-,28?,29?,30?/m1/s1. The van der Waals surface area contributed by atoms with Crippen molar-refractivity contribution in [3.8, 4) is 11.5 Å². The molecule has 6 atom stereocenters. The van der Waals surface area contributed by atoms with Gasteiger partial charge in [0.2, 0.25) is 0 Å². The highest BCUT2D eigenvalue weighted by atomic mass is 19.1. The largest absolute Gasteiger partial charge is 0.508 e. The summed E-state index contributed by atoms with van der Waals surface area (Å²) in [7, 11) is 0. The molecule has 0 amide bonds. The molecule has 5 unspecified atom stereocenters. The van der Waals surface area contributed by atoms with E-state index >= 15 is 0 Å². The van der Waals surface area contributed by atoms with Crippen molar-refractivity contribution < 1.29 is 14.2 Å². The van der Waals surface area contributed by atoms with Crippen molar-refractivity contribution in [3.05, 3.63) is 59.2 Å². The average molecular weight is 464 g/mol.